The molecule has 0 aromatic heterocycles. The molecule has 1 amide bonds. The largest absolute Gasteiger partial charge is 0.478 e. The molecule has 0 radical (unpaired) electrons. The molecule has 3 rings (SSSR count). The Bertz CT molecular complexity index is 762. The average Bonchev–Trinajstić information content (AvgIpc) is 2.62. The first-order valence-electron chi connectivity index (χ1n) is 8.27. The van der Waals surface area contributed by atoms with E-state index < -0.39 is 11.4 Å². The average molecular weight is 323 g/mol. The van der Waals surface area contributed by atoms with E-state index in [0.29, 0.717) is 12.8 Å². The standard InChI is InChI=1S/C20H21NO3/c21-19(24)20(9-5-2-6-10-20)17-12-15(11-16(13-17)18(22)23)14-7-3-1-4-8-14/h1,3-4,7-8,11-13H,2,5-6,9-10H2,(H2,21,24)(H,22,23). The van der Waals surface area contributed by atoms with Crippen molar-refractivity contribution in [1.82, 2.24) is 0 Å². The molecule has 24 heavy (non-hydrogen) atoms. The quantitative estimate of drug-likeness (QED) is 0.899. The van der Waals surface area contributed by atoms with Crippen LogP contribution in [0.3, 0.4) is 0 Å². The van der Waals surface area contributed by atoms with Gasteiger partial charge in [0.05, 0.1) is 11.0 Å². The van der Waals surface area contributed by atoms with Gasteiger partial charge in [0.2, 0.25) is 5.91 Å². The van der Waals surface area contributed by atoms with Crippen molar-refractivity contribution >= 4 is 11.9 Å². The molecule has 0 saturated heterocycles. The number of carbonyl (C=O) groups excluding carboxylic acids is 1. The molecule has 3 N–H and O–H groups in total. The molecule has 0 atom stereocenters. The molecule has 1 saturated carbocycles. The minimum absolute atomic E-state index is 0.192. The van der Waals surface area contributed by atoms with Crippen LogP contribution >= 0.6 is 0 Å². The van der Waals surface area contributed by atoms with Crippen molar-refractivity contribution in [2.45, 2.75) is 37.5 Å². The van der Waals surface area contributed by atoms with Crippen molar-refractivity contribution in [3.05, 3.63) is 59.7 Å². The fraction of sp³-hybridized carbons (Fsp3) is 0.300. The molecule has 1 aliphatic rings. The third-order valence-electron chi connectivity index (χ3n) is 5.02. The number of primary amides is 1. The summed E-state index contributed by atoms with van der Waals surface area (Å²) in [6.07, 6.45) is 4.31. The summed E-state index contributed by atoms with van der Waals surface area (Å²) >= 11 is 0. The minimum atomic E-state index is -0.996. The molecular formula is C20H21NO3. The Kier molecular flexibility index (Phi) is 4.38. The number of rotatable bonds is 4. The van der Waals surface area contributed by atoms with Crippen LogP contribution in [0.25, 0.3) is 11.1 Å². The smallest absolute Gasteiger partial charge is 0.335 e. The Morgan fingerprint density at radius 3 is 2.17 bits per heavy atom. The molecule has 4 heteroatoms. The lowest BCUT2D eigenvalue weighted by atomic mass is 9.68. The van der Waals surface area contributed by atoms with Crippen molar-refractivity contribution in [3.63, 3.8) is 0 Å². The molecule has 0 heterocycles. The van der Waals surface area contributed by atoms with Gasteiger partial charge in [0.15, 0.2) is 0 Å². The second-order valence-electron chi connectivity index (χ2n) is 6.48. The van der Waals surface area contributed by atoms with Gasteiger partial charge < -0.3 is 10.8 Å². The number of amides is 1. The summed E-state index contributed by atoms with van der Waals surface area (Å²) in [5.74, 6) is -1.35. The van der Waals surface area contributed by atoms with Gasteiger partial charge in [0.1, 0.15) is 0 Å². The number of hydrogen-bond donors (Lipinski definition) is 2. The predicted octanol–water partition coefficient (Wildman–Crippen LogP) is 3.74. The van der Waals surface area contributed by atoms with E-state index in [9.17, 15) is 14.7 Å². The van der Waals surface area contributed by atoms with Gasteiger partial charge in [-0.05, 0) is 41.7 Å². The van der Waals surface area contributed by atoms with Gasteiger partial charge in [-0.15, -0.1) is 0 Å². The van der Waals surface area contributed by atoms with Gasteiger partial charge in [0.25, 0.3) is 0 Å². The van der Waals surface area contributed by atoms with E-state index in [0.717, 1.165) is 36.0 Å². The van der Waals surface area contributed by atoms with Crippen LogP contribution in [0.5, 0.6) is 0 Å². The molecule has 1 aliphatic carbocycles. The fourth-order valence-electron chi connectivity index (χ4n) is 3.66. The monoisotopic (exact) mass is 323 g/mol. The zero-order chi connectivity index (χ0) is 17.2. The summed E-state index contributed by atoms with van der Waals surface area (Å²) in [5, 5.41) is 9.49. The van der Waals surface area contributed by atoms with Crippen LogP contribution in [-0.4, -0.2) is 17.0 Å². The molecule has 0 spiro atoms. The van der Waals surface area contributed by atoms with Crippen molar-refractivity contribution < 1.29 is 14.7 Å². The molecule has 0 aliphatic heterocycles. The fourth-order valence-corrected chi connectivity index (χ4v) is 3.66. The summed E-state index contributed by atoms with van der Waals surface area (Å²) < 4.78 is 0. The lowest BCUT2D eigenvalue weighted by Gasteiger charge is -2.35. The Morgan fingerprint density at radius 2 is 1.58 bits per heavy atom. The Morgan fingerprint density at radius 1 is 0.917 bits per heavy atom. The second kappa shape index (κ2) is 6.48. The van der Waals surface area contributed by atoms with Crippen LogP contribution in [0.2, 0.25) is 0 Å². The topological polar surface area (TPSA) is 80.4 Å². The molecule has 2 aromatic carbocycles. The summed E-state index contributed by atoms with van der Waals surface area (Å²) in [5.41, 5.74) is 7.66. The first kappa shape index (κ1) is 16.2. The van der Waals surface area contributed by atoms with Crippen molar-refractivity contribution in [3.8, 4) is 11.1 Å². The number of aromatic carboxylic acids is 1. The molecular weight excluding hydrogens is 302 g/mol. The maximum Gasteiger partial charge on any atom is 0.335 e. The zero-order valence-electron chi connectivity index (χ0n) is 13.5. The summed E-state index contributed by atoms with van der Waals surface area (Å²) in [7, 11) is 0. The van der Waals surface area contributed by atoms with Gasteiger partial charge in [0, 0.05) is 0 Å². The molecule has 0 unspecified atom stereocenters. The highest BCUT2D eigenvalue weighted by Crippen LogP contribution is 2.41. The van der Waals surface area contributed by atoms with Crippen molar-refractivity contribution in [2.24, 2.45) is 5.73 Å². The third kappa shape index (κ3) is 2.92. The van der Waals surface area contributed by atoms with Crippen LogP contribution < -0.4 is 5.73 Å². The van der Waals surface area contributed by atoms with Crippen molar-refractivity contribution in [1.29, 1.82) is 0 Å². The van der Waals surface area contributed by atoms with Crippen LogP contribution in [0.4, 0.5) is 0 Å². The summed E-state index contributed by atoms with van der Waals surface area (Å²) in [6, 6.07) is 14.8. The van der Waals surface area contributed by atoms with Gasteiger partial charge in [-0.25, -0.2) is 4.79 Å². The zero-order valence-corrected chi connectivity index (χ0v) is 13.5. The van der Waals surface area contributed by atoms with E-state index in [1.165, 1.54) is 0 Å². The molecule has 124 valence electrons. The molecule has 1 fully saturated rings. The molecule has 4 nitrogen and oxygen atoms in total. The van der Waals surface area contributed by atoms with E-state index in [1.54, 1.807) is 12.1 Å². The maximum absolute atomic E-state index is 12.3. The number of nitrogens with two attached hydrogens (primary N) is 1. The van der Waals surface area contributed by atoms with E-state index >= 15 is 0 Å². The van der Waals surface area contributed by atoms with E-state index in [-0.39, 0.29) is 11.5 Å². The number of carboxylic acid groups (broad SMARTS) is 1. The van der Waals surface area contributed by atoms with Crippen LogP contribution in [0.1, 0.15) is 48.0 Å². The van der Waals surface area contributed by atoms with E-state index in [4.69, 9.17) is 5.73 Å². The maximum atomic E-state index is 12.3. The van der Waals surface area contributed by atoms with Crippen LogP contribution in [0.15, 0.2) is 48.5 Å². The van der Waals surface area contributed by atoms with Gasteiger partial charge in [-0.3, -0.25) is 4.79 Å². The SMILES string of the molecule is NC(=O)C1(c2cc(C(=O)O)cc(-c3ccccc3)c2)CCCCC1. The summed E-state index contributed by atoms with van der Waals surface area (Å²) in [4.78, 5) is 23.9. The van der Waals surface area contributed by atoms with Gasteiger partial charge >= 0.3 is 5.97 Å². The Hall–Kier alpha value is -2.62. The number of benzene rings is 2. The normalized spacial score (nSPS) is 16.5. The second-order valence-corrected chi connectivity index (χ2v) is 6.48. The van der Waals surface area contributed by atoms with Gasteiger partial charge in [-0.2, -0.15) is 0 Å². The Balaban J connectivity index is 2.18. The first-order chi connectivity index (χ1) is 11.5. The number of carboxylic acids is 1. The van der Waals surface area contributed by atoms with Crippen LogP contribution in [-0.2, 0) is 10.2 Å². The predicted molar refractivity (Wildman–Crippen MR) is 92.8 cm³/mol. The number of hydrogen-bond acceptors (Lipinski definition) is 2. The lowest BCUT2D eigenvalue weighted by molar-refractivity contribution is -0.124. The van der Waals surface area contributed by atoms with E-state index in [2.05, 4.69) is 0 Å². The highest BCUT2D eigenvalue weighted by atomic mass is 16.4. The first-order valence-corrected chi connectivity index (χ1v) is 8.27. The summed E-state index contributed by atoms with van der Waals surface area (Å²) in [6.45, 7) is 0. The van der Waals surface area contributed by atoms with Crippen molar-refractivity contribution in [2.75, 3.05) is 0 Å². The minimum Gasteiger partial charge on any atom is -0.478 e. The third-order valence-corrected chi connectivity index (χ3v) is 5.02. The highest BCUT2D eigenvalue weighted by molar-refractivity contribution is 5.92. The van der Waals surface area contributed by atoms with E-state index in [1.807, 2.05) is 36.4 Å². The van der Waals surface area contributed by atoms with Crippen LogP contribution in [0, 0.1) is 0 Å². The number of carbonyl (C=O) groups is 2. The lowest BCUT2D eigenvalue weighted by Crippen LogP contribution is -2.43. The Labute approximate surface area is 141 Å². The highest BCUT2D eigenvalue weighted by Gasteiger charge is 2.40. The molecule has 0 bridgehead atoms. The van der Waals surface area contributed by atoms with Gasteiger partial charge in [-0.1, -0.05) is 55.7 Å². The molecule has 2 aromatic rings.